The van der Waals surface area contributed by atoms with Gasteiger partial charge in [-0.15, -0.1) is 0 Å². The van der Waals surface area contributed by atoms with Crippen molar-refractivity contribution in [3.05, 3.63) is 47.2 Å². The van der Waals surface area contributed by atoms with Crippen LogP contribution in [0, 0.1) is 0 Å². The molecule has 0 unspecified atom stereocenters. The monoisotopic (exact) mass is 430 g/mol. The molecule has 1 amide bonds. The van der Waals surface area contributed by atoms with E-state index in [0.717, 1.165) is 5.56 Å². The van der Waals surface area contributed by atoms with Gasteiger partial charge in [-0.25, -0.2) is 9.79 Å². The summed E-state index contributed by atoms with van der Waals surface area (Å²) in [4.78, 5) is 32.0. The highest BCUT2D eigenvalue weighted by Gasteiger charge is 2.45. The third kappa shape index (κ3) is 4.44. The fraction of sp³-hybridized carbons (Fsp3) is 0.409. The second-order valence-electron chi connectivity index (χ2n) is 6.79. The lowest BCUT2D eigenvalue weighted by atomic mass is 10.00. The van der Waals surface area contributed by atoms with Crippen molar-refractivity contribution in [1.82, 2.24) is 4.90 Å². The minimum Gasteiger partial charge on any atom is -0.496 e. The molecule has 3 rings (SSSR count). The summed E-state index contributed by atoms with van der Waals surface area (Å²) in [5.41, 5.74) is 1.75. The zero-order chi connectivity index (χ0) is 21.7. The number of allylic oxidation sites excluding steroid dienone is 1. The summed E-state index contributed by atoms with van der Waals surface area (Å²) in [6, 6.07) is 6.96. The first-order chi connectivity index (χ1) is 14.5. The molecule has 2 aliphatic heterocycles. The number of hydrogen-bond donors (Lipinski definition) is 0. The fourth-order valence-electron chi connectivity index (χ4n) is 3.37. The first-order valence-electron chi connectivity index (χ1n) is 9.78. The van der Waals surface area contributed by atoms with Crippen LogP contribution in [0.15, 0.2) is 46.6 Å². The molecule has 0 aliphatic carbocycles. The lowest BCUT2D eigenvalue weighted by Crippen LogP contribution is -2.45. The summed E-state index contributed by atoms with van der Waals surface area (Å²) in [7, 11) is 3.15. The Bertz CT molecular complexity index is 909. The van der Waals surface area contributed by atoms with E-state index < -0.39 is 12.0 Å². The molecule has 2 heterocycles. The number of rotatable bonds is 8. The number of carbonyl (C=O) groups excluding carboxylic acids is 2. The average molecular weight is 431 g/mol. The Morgan fingerprint density at radius 2 is 2.03 bits per heavy atom. The molecule has 0 radical (unpaired) electrons. The molecule has 0 spiro atoms. The number of esters is 1. The Morgan fingerprint density at radius 3 is 2.73 bits per heavy atom. The molecule has 0 N–H and O–H groups in total. The number of amides is 1. The van der Waals surface area contributed by atoms with Crippen molar-refractivity contribution in [2.24, 2.45) is 4.99 Å². The van der Waals surface area contributed by atoms with Crippen LogP contribution < -0.4 is 4.74 Å². The van der Waals surface area contributed by atoms with Crippen molar-refractivity contribution in [2.45, 2.75) is 31.6 Å². The second-order valence-corrected chi connectivity index (χ2v) is 7.96. The van der Waals surface area contributed by atoms with Gasteiger partial charge < -0.3 is 14.2 Å². The summed E-state index contributed by atoms with van der Waals surface area (Å²) in [5, 5.41) is 0.412. The van der Waals surface area contributed by atoms with Gasteiger partial charge in [0.25, 0.3) is 0 Å². The van der Waals surface area contributed by atoms with E-state index in [0.29, 0.717) is 35.2 Å². The number of amidine groups is 1. The van der Waals surface area contributed by atoms with Crippen molar-refractivity contribution in [2.75, 3.05) is 27.4 Å². The molecule has 1 aromatic rings. The predicted molar refractivity (Wildman–Crippen MR) is 117 cm³/mol. The first kappa shape index (κ1) is 22.1. The van der Waals surface area contributed by atoms with Crippen molar-refractivity contribution in [3.63, 3.8) is 0 Å². The summed E-state index contributed by atoms with van der Waals surface area (Å²) in [5.74, 6) is 0.155. The van der Waals surface area contributed by atoms with Gasteiger partial charge in [0.15, 0.2) is 5.17 Å². The maximum atomic E-state index is 13.0. The molecule has 1 saturated heterocycles. The highest BCUT2D eigenvalue weighted by atomic mass is 32.2. The zero-order valence-corrected chi connectivity index (χ0v) is 18.4. The molecule has 0 saturated carbocycles. The van der Waals surface area contributed by atoms with Crippen LogP contribution in [-0.2, 0) is 19.1 Å². The van der Waals surface area contributed by atoms with Gasteiger partial charge in [0.05, 0.1) is 36.3 Å². The Hall–Kier alpha value is -2.58. The summed E-state index contributed by atoms with van der Waals surface area (Å²) in [6.07, 6.45) is 4.38. The number of nitrogens with zero attached hydrogens (tertiary/aromatic N) is 2. The Kier molecular flexibility index (Phi) is 7.33. The maximum absolute atomic E-state index is 13.0. The predicted octanol–water partition coefficient (Wildman–Crippen LogP) is 3.26. The Morgan fingerprint density at radius 1 is 1.27 bits per heavy atom. The number of para-hydroxylation sites is 1. The van der Waals surface area contributed by atoms with E-state index in [1.54, 1.807) is 26.0 Å². The lowest BCUT2D eigenvalue weighted by molar-refractivity contribution is -0.141. The number of hydrogen-bond acceptors (Lipinski definition) is 7. The molecule has 2 aliphatic rings. The number of thioether (sulfide) groups is 1. The van der Waals surface area contributed by atoms with Crippen LogP contribution in [0.4, 0.5) is 0 Å². The molecule has 8 heteroatoms. The van der Waals surface area contributed by atoms with Crippen LogP contribution in [0.1, 0.15) is 25.8 Å². The van der Waals surface area contributed by atoms with E-state index in [4.69, 9.17) is 14.2 Å². The van der Waals surface area contributed by atoms with Crippen LogP contribution in [0.5, 0.6) is 5.75 Å². The van der Waals surface area contributed by atoms with Gasteiger partial charge in [-0.2, -0.15) is 0 Å². The minimum atomic E-state index is -0.603. The van der Waals surface area contributed by atoms with E-state index in [1.165, 1.54) is 11.8 Å². The van der Waals surface area contributed by atoms with Crippen LogP contribution in [0.25, 0.3) is 6.08 Å². The van der Waals surface area contributed by atoms with Gasteiger partial charge in [0.1, 0.15) is 12.4 Å². The summed E-state index contributed by atoms with van der Waals surface area (Å²) >= 11 is 1.44. The van der Waals surface area contributed by atoms with Gasteiger partial charge in [-0.3, -0.25) is 9.69 Å². The molecule has 1 aromatic carbocycles. The van der Waals surface area contributed by atoms with Crippen LogP contribution in [0.3, 0.4) is 0 Å². The third-order valence-corrected chi connectivity index (χ3v) is 6.22. The maximum Gasteiger partial charge on any atom is 0.338 e. The average Bonchev–Trinajstić information content (AvgIpc) is 3.07. The molecular formula is C22H26N2O5S. The third-order valence-electron chi connectivity index (χ3n) is 4.90. The lowest BCUT2D eigenvalue weighted by Gasteiger charge is -2.30. The van der Waals surface area contributed by atoms with Crippen molar-refractivity contribution >= 4 is 34.9 Å². The molecule has 1 fully saturated rings. The number of aliphatic imine (C=N–C) groups is 1. The number of carbonyl (C=O) groups is 2. The van der Waals surface area contributed by atoms with Gasteiger partial charge in [-0.1, -0.05) is 49.0 Å². The summed E-state index contributed by atoms with van der Waals surface area (Å²) in [6.45, 7) is 4.16. The van der Waals surface area contributed by atoms with Crippen LogP contribution >= 0.6 is 11.8 Å². The molecule has 160 valence electrons. The largest absolute Gasteiger partial charge is 0.496 e. The number of methoxy groups -OCH3 is 2. The van der Waals surface area contributed by atoms with Crippen LogP contribution in [-0.4, -0.2) is 60.7 Å². The molecule has 30 heavy (non-hydrogen) atoms. The SMILES string of the molecule is CC[C@H]1SC2=NC(C)=C(C(=O)OCCOC)[C@H](/C=C/c3ccccc3OC)N2C1=O. The number of benzene rings is 1. The molecule has 2 atom stereocenters. The molecule has 0 bridgehead atoms. The Balaban J connectivity index is 1.99. The van der Waals surface area contributed by atoms with E-state index in [1.807, 2.05) is 43.3 Å². The van der Waals surface area contributed by atoms with E-state index in [-0.39, 0.29) is 17.8 Å². The van der Waals surface area contributed by atoms with Gasteiger partial charge >= 0.3 is 5.97 Å². The van der Waals surface area contributed by atoms with E-state index >= 15 is 0 Å². The number of fused-ring (bicyclic) bond motifs is 1. The second kappa shape index (κ2) is 9.95. The Labute approximate surface area is 180 Å². The van der Waals surface area contributed by atoms with Crippen molar-refractivity contribution in [1.29, 1.82) is 0 Å². The molecular weight excluding hydrogens is 404 g/mol. The van der Waals surface area contributed by atoms with E-state index in [2.05, 4.69) is 4.99 Å². The van der Waals surface area contributed by atoms with Gasteiger partial charge in [0.2, 0.25) is 5.91 Å². The topological polar surface area (TPSA) is 77.4 Å². The molecule has 0 aromatic heterocycles. The van der Waals surface area contributed by atoms with Gasteiger partial charge in [-0.05, 0) is 19.4 Å². The first-order valence-corrected chi connectivity index (χ1v) is 10.7. The smallest absolute Gasteiger partial charge is 0.338 e. The normalized spacial score (nSPS) is 21.1. The molecule has 7 nitrogen and oxygen atoms in total. The van der Waals surface area contributed by atoms with Gasteiger partial charge in [0, 0.05) is 12.7 Å². The van der Waals surface area contributed by atoms with Crippen molar-refractivity contribution < 1.29 is 23.8 Å². The van der Waals surface area contributed by atoms with E-state index in [9.17, 15) is 9.59 Å². The zero-order valence-electron chi connectivity index (χ0n) is 17.6. The van der Waals surface area contributed by atoms with Crippen molar-refractivity contribution in [3.8, 4) is 5.75 Å². The number of ether oxygens (including phenoxy) is 3. The minimum absolute atomic E-state index is 0.0504. The fourth-order valence-corrected chi connectivity index (χ4v) is 4.51. The quantitative estimate of drug-likeness (QED) is 0.465. The summed E-state index contributed by atoms with van der Waals surface area (Å²) < 4.78 is 15.7. The van der Waals surface area contributed by atoms with Crippen LogP contribution in [0.2, 0.25) is 0 Å². The highest BCUT2D eigenvalue weighted by Crippen LogP contribution is 2.38. The standard InChI is InChI=1S/C22H26N2O5S/c1-5-18-20(25)24-16(11-10-15-8-6-7-9-17(15)28-4)19(14(2)23-22(24)30-18)21(26)29-13-12-27-3/h6-11,16,18H,5,12-13H2,1-4H3/b11-10+/t16-,18+/m0/s1. The highest BCUT2D eigenvalue weighted by molar-refractivity contribution is 8.15.